The molecule has 2 saturated heterocycles. The molecule has 2 aliphatic rings. The number of hydrogen-bond acceptors (Lipinski definition) is 4. The molecule has 0 bridgehead atoms. The first-order chi connectivity index (χ1) is 7.45. The Kier molecular flexibility index (Phi) is 4.86. The number of nitrogens with zero attached hydrogens (tertiary/aromatic N) is 2. The molecule has 0 aromatic rings. The van der Waals surface area contributed by atoms with Crippen molar-refractivity contribution in [2.45, 2.75) is 19.3 Å². The van der Waals surface area contributed by atoms with Crippen molar-refractivity contribution in [3.8, 4) is 0 Å². The molecule has 2 rings (SSSR count). The Balaban J connectivity index is 1.47. The standard InChI is InChI=1S/C11H23N3O/c1-2-6-13(5-1)7-3-4-12-14-8-10-15-11-9-14/h12H,1-11H2. The van der Waals surface area contributed by atoms with Crippen molar-refractivity contribution in [3.63, 3.8) is 0 Å². The summed E-state index contributed by atoms with van der Waals surface area (Å²) >= 11 is 0. The van der Waals surface area contributed by atoms with Crippen LogP contribution in [0.5, 0.6) is 0 Å². The molecule has 4 heteroatoms. The van der Waals surface area contributed by atoms with E-state index in [0.717, 1.165) is 32.8 Å². The lowest BCUT2D eigenvalue weighted by Gasteiger charge is -2.27. The second-order valence-electron chi connectivity index (χ2n) is 4.41. The summed E-state index contributed by atoms with van der Waals surface area (Å²) in [6.07, 6.45) is 4.06. The monoisotopic (exact) mass is 213 g/mol. The molecule has 2 heterocycles. The van der Waals surface area contributed by atoms with E-state index in [4.69, 9.17) is 4.74 Å². The molecular formula is C11H23N3O. The first-order valence-electron chi connectivity index (χ1n) is 6.24. The van der Waals surface area contributed by atoms with Gasteiger partial charge in [-0.3, -0.25) is 5.43 Å². The van der Waals surface area contributed by atoms with Crippen LogP contribution >= 0.6 is 0 Å². The molecular weight excluding hydrogens is 190 g/mol. The number of morpholine rings is 1. The maximum absolute atomic E-state index is 5.30. The molecule has 88 valence electrons. The summed E-state index contributed by atoms with van der Waals surface area (Å²) in [7, 11) is 0. The average molecular weight is 213 g/mol. The van der Waals surface area contributed by atoms with E-state index in [1.807, 2.05) is 0 Å². The molecule has 0 saturated carbocycles. The van der Waals surface area contributed by atoms with Gasteiger partial charge in [0, 0.05) is 19.6 Å². The summed E-state index contributed by atoms with van der Waals surface area (Å²) in [6, 6.07) is 0. The van der Waals surface area contributed by atoms with Crippen LogP contribution in [0.4, 0.5) is 0 Å². The average Bonchev–Trinajstić information content (AvgIpc) is 2.79. The first kappa shape index (κ1) is 11.3. The van der Waals surface area contributed by atoms with Gasteiger partial charge in [-0.1, -0.05) is 0 Å². The van der Waals surface area contributed by atoms with Crippen molar-refractivity contribution in [1.82, 2.24) is 15.3 Å². The van der Waals surface area contributed by atoms with Crippen LogP contribution in [0.1, 0.15) is 19.3 Å². The van der Waals surface area contributed by atoms with Gasteiger partial charge in [0.1, 0.15) is 0 Å². The number of rotatable bonds is 5. The van der Waals surface area contributed by atoms with Crippen LogP contribution in [-0.4, -0.2) is 62.4 Å². The Morgan fingerprint density at radius 1 is 1.00 bits per heavy atom. The van der Waals surface area contributed by atoms with E-state index in [-0.39, 0.29) is 0 Å². The maximum atomic E-state index is 5.30. The third-order valence-electron chi connectivity index (χ3n) is 3.20. The van der Waals surface area contributed by atoms with Crippen LogP contribution in [0.25, 0.3) is 0 Å². The molecule has 0 aromatic heterocycles. The van der Waals surface area contributed by atoms with Crippen molar-refractivity contribution in [1.29, 1.82) is 0 Å². The summed E-state index contributed by atoms with van der Waals surface area (Å²) in [5.41, 5.74) is 3.47. The van der Waals surface area contributed by atoms with E-state index in [1.54, 1.807) is 0 Å². The minimum Gasteiger partial charge on any atom is -0.379 e. The van der Waals surface area contributed by atoms with Gasteiger partial charge in [-0.2, -0.15) is 0 Å². The van der Waals surface area contributed by atoms with E-state index >= 15 is 0 Å². The molecule has 4 nitrogen and oxygen atoms in total. The molecule has 0 aliphatic carbocycles. The molecule has 1 N–H and O–H groups in total. The fraction of sp³-hybridized carbons (Fsp3) is 1.00. The van der Waals surface area contributed by atoms with Gasteiger partial charge in [0.05, 0.1) is 13.2 Å². The predicted octanol–water partition coefficient (Wildman–Crippen LogP) is 0.309. The maximum Gasteiger partial charge on any atom is 0.0608 e. The Hall–Kier alpha value is -0.160. The number of hydrazine groups is 1. The summed E-state index contributed by atoms with van der Waals surface area (Å²) < 4.78 is 5.30. The molecule has 0 radical (unpaired) electrons. The van der Waals surface area contributed by atoms with Crippen LogP contribution < -0.4 is 5.43 Å². The summed E-state index contributed by atoms with van der Waals surface area (Å²) in [5, 5.41) is 2.29. The molecule has 2 aliphatic heterocycles. The lowest BCUT2D eigenvalue weighted by molar-refractivity contribution is 0.0116. The minimum absolute atomic E-state index is 0.874. The van der Waals surface area contributed by atoms with Gasteiger partial charge in [0.25, 0.3) is 0 Å². The quantitative estimate of drug-likeness (QED) is 0.665. The molecule has 0 spiro atoms. The Labute approximate surface area is 92.5 Å². The Bertz CT molecular complexity index is 165. The molecule has 0 aromatic carbocycles. The summed E-state index contributed by atoms with van der Waals surface area (Å²) in [6.45, 7) is 8.81. The van der Waals surface area contributed by atoms with Crippen molar-refractivity contribution in [2.75, 3.05) is 52.5 Å². The van der Waals surface area contributed by atoms with Crippen LogP contribution in [0.2, 0.25) is 0 Å². The smallest absolute Gasteiger partial charge is 0.0608 e. The Morgan fingerprint density at radius 3 is 2.47 bits per heavy atom. The number of likely N-dealkylation sites (tertiary alicyclic amines) is 1. The van der Waals surface area contributed by atoms with Crippen LogP contribution in [0.15, 0.2) is 0 Å². The van der Waals surface area contributed by atoms with Crippen LogP contribution in [-0.2, 0) is 4.74 Å². The van der Waals surface area contributed by atoms with Crippen molar-refractivity contribution in [3.05, 3.63) is 0 Å². The van der Waals surface area contributed by atoms with Crippen molar-refractivity contribution in [2.24, 2.45) is 0 Å². The minimum atomic E-state index is 0.874. The fourth-order valence-electron chi connectivity index (χ4n) is 2.27. The molecule has 0 atom stereocenters. The highest BCUT2D eigenvalue weighted by Crippen LogP contribution is 2.06. The normalized spacial score (nSPS) is 24.8. The molecule has 0 amide bonds. The Morgan fingerprint density at radius 2 is 1.73 bits per heavy atom. The third kappa shape index (κ3) is 4.07. The SMILES string of the molecule is C1CCN(CCCNN2CCOCC2)C1. The topological polar surface area (TPSA) is 27.7 Å². The highest BCUT2D eigenvalue weighted by Gasteiger charge is 2.11. The van der Waals surface area contributed by atoms with Gasteiger partial charge in [0.2, 0.25) is 0 Å². The van der Waals surface area contributed by atoms with Gasteiger partial charge in [0.15, 0.2) is 0 Å². The molecule has 2 fully saturated rings. The highest BCUT2D eigenvalue weighted by atomic mass is 16.5. The second kappa shape index (κ2) is 6.43. The summed E-state index contributed by atoms with van der Waals surface area (Å²) in [5.74, 6) is 0. The lowest BCUT2D eigenvalue weighted by Crippen LogP contribution is -2.46. The number of ether oxygens (including phenoxy) is 1. The fourth-order valence-corrected chi connectivity index (χ4v) is 2.27. The highest BCUT2D eigenvalue weighted by molar-refractivity contribution is 4.66. The largest absolute Gasteiger partial charge is 0.379 e. The van der Waals surface area contributed by atoms with E-state index in [0.29, 0.717) is 0 Å². The number of hydrogen-bond donors (Lipinski definition) is 1. The zero-order valence-electron chi connectivity index (χ0n) is 9.58. The summed E-state index contributed by atoms with van der Waals surface area (Å²) in [4.78, 5) is 2.57. The molecule has 15 heavy (non-hydrogen) atoms. The zero-order valence-corrected chi connectivity index (χ0v) is 9.58. The third-order valence-corrected chi connectivity index (χ3v) is 3.20. The van der Waals surface area contributed by atoms with E-state index in [1.165, 1.54) is 38.9 Å². The zero-order chi connectivity index (χ0) is 10.3. The van der Waals surface area contributed by atoms with Gasteiger partial charge in [-0.15, -0.1) is 0 Å². The molecule has 0 unspecified atom stereocenters. The lowest BCUT2D eigenvalue weighted by atomic mass is 10.4. The van der Waals surface area contributed by atoms with E-state index in [2.05, 4.69) is 15.3 Å². The van der Waals surface area contributed by atoms with Crippen LogP contribution in [0.3, 0.4) is 0 Å². The number of nitrogens with one attached hydrogen (secondary N) is 1. The van der Waals surface area contributed by atoms with E-state index < -0.39 is 0 Å². The van der Waals surface area contributed by atoms with Crippen LogP contribution in [0, 0.1) is 0 Å². The van der Waals surface area contributed by atoms with Gasteiger partial charge >= 0.3 is 0 Å². The van der Waals surface area contributed by atoms with Gasteiger partial charge in [-0.05, 0) is 38.9 Å². The first-order valence-corrected chi connectivity index (χ1v) is 6.24. The van der Waals surface area contributed by atoms with E-state index in [9.17, 15) is 0 Å². The van der Waals surface area contributed by atoms with Crippen molar-refractivity contribution < 1.29 is 4.74 Å². The van der Waals surface area contributed by atoms with Crippen molar-refractivity contribution >= 4 is 0 Å². The second-order valence-corrected chi connectivity index (χ2v) is 4.41. The van der Waals surface area contributed by atoms with Gasteiger partial charge < -0.3 is 9.64 Å². The predicted molar refractivity (Wildman–Crippen MR) is 60.7 cm³/mol. The van der Waals surface area contributed by atoms with Gasteiger partial charge in [-0.25, -0.2) is 5.01 Å².